The first-order valence-electron chi connectivity index (χ1n) is 6.58. The molecule has 21 heavy (non-hydrogen) atoms. The van der Waals surface area contributed by atoms with Gasteiger partial charge in [0.25, 0.3) is 0 Å². The second-order valence-electron chi connectivity index (χ2n) is 4.08. The highest BCUT2D eigenvalue weighted by molar-refractivity contribution is 5.72. The Bertz CT molecular complexity index is 622. The first-order valence-corrected chi connectivity index (χ1v) is 6.58. The summed E-state index contributed by atoms with van der Waals surface area (Å²) in [5.41, 5.74) is 6.68. The van der Waals surface area contributed by atoms with Crippen molar-refractivity contribution in [2.45, 2.75) is 13.8 Å². The summed E-state index contributed by atoms with van der Waals surface area (Å²) in [4.78, 5) is 7.96. The van der Waals surface area contributed by atoms with E-state index in [9.17, 15) is 4.39 Å². The van der Waals surface area contributed by atoms with Gasteiger partial charge in [-0.2, -0.15) is 4.98 Å². The molecule has 2 rings (SSSR count). The van der Waals surface area contributed by atoms with Crippen molar-refractivity contribution in [3.63, 3.8) is 0 Å². The number of aromatic nitrogens is 2. The molecular formula is C14H17FN4O2. The number of rotatable bonds is 6. The standard InChI is InChI=1S/C14H17FN4O2/c1-3-20-11-6-5-9(7-10(11)15)19-13-12(16)14(21-4-2)18-8-17-13/h5-8H,3-4,16H2,1-2H3,(H,17,18,19). The molecule has 1 aromatic heterocycles. The van der Waals surface area contributed by atoms with Gasteiger partial charge in [0.1, 0.15) is 12.0 Å². The number of anilines is 3. The maximum Gasteiger partial charge on any atom is 0.242 e. The van der Waals surface area contributed by atoms with Gasteiger partial charge in [0, 0.05) is 11.8 Å². The maximum absolute atomic E-state index is 13.8. The van der Waals surface area contributed by atoms with Gasteiger partial charge in [-0.1, -0.05) is 0 Å². The van der Waals surface area contributed by atoms with Gasteiger partial charge in [-0.15, -0.1) is 0 Å². The minimum absolute atomic E-state index is 0.203. The second kappa shape index (κ2) is 6.74. The molecule has 3 N–H and O–H groups in total. The Balaban J connectivity index is 2.22. The minimum Gasteiger partial charge on any atom is -0.491 e. The van der Waals surface area contributed by atoms with Gasteiger partial charge in [0.2, 0.25) is 5.88 Å². The molecule has 0 fully saturated rings. The summed E-state index contributed by atoms with van der Waals surface area (Å²) in [7, 11) is 0. The average molecular weight is 292 g/mol. The van der Waals surface area contributed by atoms with Crippen molar-refractivity contribution in [1.29, 1.82) is 0 Å². The van der Waals surface area contributed by atoms with E-state index in [0.717, 1.165) is 0 Å². The number of halogens is 1. The summed E-state index contributed by atoms with van der Waals surface area (Å²) in [5.74, 6) is 0.395. The van der Waals surface area contributed by atoms with Crippen molar-refractivity contribution >= 4 is 17.2 Å². The Morgan fingerprint density at radius 3 is 2.62 bits per heavy atom. The SMILES string of the molecule is CCOc1ccc(Nc2ncnc(OCC)c2N)cc1F. The van der Waals surface area contributed by atoms with E-state index in [4.69, 9.17) is 15.2 Å². The Hall–Kier alpha value is -2.57. The summed E-state index contributed by atoms with van der Waals surface area (Å²) in [6.45, 7) is 4.47. The molecule has 2 aromatic rings. The molecule has 7 heteroatoms. The van der Waals surface area contributed by atoms with Crippen molar-refractivity contribution in [3.8, 4) is 11.6 Å². The number of nitrogens with two attached hydrogens (primary N) is 1. The number of nitrogens with one attached hydrogen (secondary N) is 1. The van der Waals surface area contributed by atoms with Crippen LogP contribution in [-0.2, 0) is 0 Å². The molecule has 6 nitrogen and oxygen atoms in total. The van der Waals surface area contributed by atoms with E-state index in [1.807, 2.05) is 6.92 Å². The predicted octanol–water partition coefficient (Wildman–Crippen LogP) is 2.74. The first-order chi connectivity index (χ1) is 10.2. The van der Waals surface area contributed by atoms with Crippen LogP contribution in [0.1, 0.15) is 13.8 Å². The van der Waals surface area contributed by atoms with Crippen LogP contribution < -0.4 is 20.5 Å². The molecule has 0 bridgehead atoms. The van der Waals surface area contributed by atoms with Crippen LogP contribution in [0, 0.1) is 5.82 Å². The average Bonchev–Trinajstić information content (AvgIpc) is 2.46. The lowest BCUT2D eigenvalue weighted by Gasteiger charge is -2.12. The number of hydrogen-bond donors (Lipinski definition) is 2. The lowest BCUT2D eigenvalue weighted by atomic mass is 10.3. The third kappa shape index (κ3) is 3.50. The quantitative estimate of drug-likeness (QED) is 0.852. The molecule has 1 heterocycles. The van der Waals surface area contributed by atoms with Crippen molar-refractivity contribution in [1.82, 2.24) is 9.97 Å². The van der Waals surface area contributed by atoms with Gasteiger partial charge >= 0.3 is 0 Å². The van der Waals surface area contributed by atoms with E-state index in [1.54, 1.807) is 19.1 Å². The fourth-order valence-corrected chi connectivity index (χ4v) is 1.72. The van der Waals surface area contributed by atoms with E-state index in [0.29, 0.717) is 30.6 Å². The Morgan fingerprint density at radius 2 is 1.95 bits per heavy atom. The molecule has 0 atom stereocenters. The van der Waals surface area contributed by atoms with Crippen LogP contribution in [0.15, 0.2) is 24.5 Å². The van der Waals surface area contributed by atoms with Crippen molar-refractivity contribution in [2.24, 2.45) is 0 Å². The van der Waals surface area contributed by atoms with Crippen LogP contribution >= 0.6 is 0 Å². The Labute approximate surface area is 122 Å². The molecule has 0 aliphatic heterocycles. The molecule has 0 aliphatic rings. The molecule has 0 saturated carbocycles. The maximum atomic E-state index is 13.8. The van der Waals surface area contributed by atoms with E-state index in [1.165, 1.54) is 12.4 Å². The predicted molar refractivity (Wildman–Crippen MR) is 78.5 cm³/mol. The zero-order valence-corrected chi connectivity index (χ0v) is 11.9. The molecule has 112 valence electrons. The van der Waals surface area contributed by atoms with Gasteiger partial charge in [-0.3, -0.25) is 0 Å². The first kappa shape index (κ1) is 14.8. The number of nitrogen functional groups attached to an aromatic ring is 1. The van der Waals surface area contributed by atoms with Crippen LogP contribution in [0.4, 0.5) is 21.6 Å². The number of hydrogen-bond acceptors (Lipinski definition) is 6. The highest BCUT2D eigenvalue weighted by Gasteiger charge is 2.10. The molecule has 0 spiro atoms. The van der Waals surface area contributed by atoms with Crippen molar-refractivity contribution < 1.29 is 13.9 Å². The van der Waals surface area contributed by atoms with E-state index < -0.39 is 5.82 Å². The van der Waals surface area contributed by atoms with Gasteiger partial charge in [0.15, 0.2) is 17.4 Å². The zero-order valence-electron chi connectivity index (χ0n) is 11.9. The molecule has 0 radical (unpaired) electrons. The van der Waals surface area contributed by atoms with Crippen molar-refractivity contribution in [2.75, 3.05) is 24.3 Å². The lowest BCUT2D eigenvalue weighted by molar-refractivity contribution is 0.321. The monoisotopic (exact) mass is 292 g/mol. The van der Waals surface area contributed by atoms with Crippen LogP contribution in [0.3, 0.4) is 0 Å². The largest absolute Gasteiger partial charge is 0.491 e. The highest BCUT2D eigenvalue weighted by Crippen LogP contribution is 2.29. The van der Waals surface area contributed by atoms with Gasteiger partial charge in [-0.05, 0) is 26.0 Å². The van der Waals surface area contributed by atoms with Gasteiger partial charge in [0.05, 0.1) is 13.2 Å². The molecule has 0 aliphatic carbocycles. The van der Waals surface area contributed by atoms with Crippen LogP contribution in [0.25, 0.3) is 0 Å². The summed E-state index contributed by atoms with van der Waals surface area (Å²) >= 11 is 0. The van der Waals surface area contributed by atoms with Crippen molar-refractivity contribution in [3.05, 3.63) is 30.3 Å². The fraction of sp³-hybridized carbons (Fsp3) is 0.286. The fourth-order valence-electron chi connectivity index (χ4n) is 1.72. The minimum atomic E-state index is -0.459. The molecular weight excluding hydrogens is 275 g/mol. The topological polar surface area (TPSA) is 82.3 Å². The number of ether oxygens (including phenoxy) is 2. The van der Waals surface area contributed by atoms with E-state index in [2.05, 4.69) is 15.3 Å². The molecule has 1 aromatic carbocycles. The number of benzene rings is 1. The Morgan fingerprint density at radius 1 is 1.19 bits per heavy atom. The van der Waals surface area contributed by atoms with Gasteiger partial charge in [-0.25, -0.2) is 9.37 Å². The lowest BCUT2D eigenvalue weighted by Crippen LogP contribution is -2.05. The summed E-state index contributed by atoms with van der Waals surface area (Å²) in [6.07, 6.45) is 1.33. The van der Waals surface area contributed by atoms with Crippen LogP contribution in [-0.4, -0.2) is 23.2 Å². The van der Waals surface area contributed by atoms with Crippen LogP contribution in [0.2, 0.25) is 0 Å². The summed E-state index contributed by atoms with van der Waals surface area (Å²) in [6, 6.07) is 4.53. The third-order valence-electron chi connectivity index (χ3n) is 2.62. The second-order valence-corrected chi connectivity index (χ2v) is 4.08. The molecule has 0 saturated heterocycles. The third-order valence-corrected chi connectivity index (χ3v) is 2.62. The van der Waals surface area contributed by atoms with E-state index >= 15 is 0 Å². The summed E-state index contributed by atoms with van der Waals surface area (Å²) in [5, 5.41) is 2.93. The van der Waals surface area contributed by atoms with Crippen LogP contribution in [0.5, 0.6) is 11.6 Å². The zero-order chi connectivity index (χ0) is 15.2. The smallest absolute Gasteiger partial charge is 0.242 e. The Kier molecular flexibility index (Phi) is 4.76. The van der Waals surface area contributed by atoms with Gasteiger partial charge < -0.3 is 20.5 Å². The highest BCUT2D eigenvalue weighted by atomic mass is 19.1. The summed E-state index contributed by atoms with van der Waals surface area (Å²) < 4.78 is 24.2. The van der Waals surface area contributed by atoms with E-state index in [-0.39, 0.29) is 11.4 Å². The normalized spacial score (nSPS) is 10.2. The molecule has 0 amide bonds. The molecule has 0 unspecified atom stereocenters. The number of nitrogens with zero attached hydrogens (tertiary/aromatic N) is 2.